The van der Waals surface area contributed by atoms with E-state index in [1.54, 1.807) is 6.26 Å². The zero-order valence-corrected chi connectivity index (χ0v) is 13.5. The largest absolute Gasteiger partial charge is 0.364 e. The van der Waals surface area contributed by atoms with Crippen LogP contribution < -0.4 is 10.6 Å². The zero-order chi connectivity index (χ0) is 15.1. The molecule has 0 radical (unpaired) electrons. The molecule has 1 heterocycles. The molecule has 0 aromatic carbocycles. The lowest BCUT2D eigenvalue weighted by Crippen LogP contribution is -2.43. The number of guanidine groups is 1. The minimum Gasteiger partial charge on any atom is -0.364 e. The van der Waals surface area contributed by atoms with E-state index in [0.717, 1.165) is 24.1 Å². The van der Waals surface area contributed by atoms with Crippen molar-refractivity contribution in [1.82, 2.24) is 15.8 Å². The van der Waals surface area contributed by atoms with Crippen LogP contribution in [-0.2, 0) is 6.54 Å². The molecule has 1 aromatic heterocycles. The van der Waals surface area contributed by atoms with Gasteiger partial charge in [-0.15, -0.1) is 0 Å². The molecule has 0 atom stereocenters. The summed E-state index contributed by atoms with van der Waals surface area (Å²) in [6.07, 6.45) is 8.26. The molecule has 0 saturated heterocycles. The molecule has 0 amide bonds. The van der Waals surface area contributed by atoms with Crippen LogP contribution in [0.2, 0.25) is 0 Å². The van der Waals surface area contributed by atoms with E-state index in [9.17, 15) is 0 Å². The van der Waals surface area contributed by atoms with Crippen molar-refractivity contribution in [3.8, 4) is 0 Å². The molecule has 2 rings (SSSR count). The van der Waals surface area contributed by atoms with Gasteiger partial charge in [0, 0.05) is 19.7 Å². The van der Waals surface area contributed by atoms with Crippen LogP contribution in [0.5, 0.6) is 0 Å². The predicted octanol–water partition coefficient (Wildman–Crippen LogP) is 2.95. The van der Waals surface area contributed by atoms with E-state index >= 15 is 0 Å². The van der Waals surface area contributed by atoms with Gasteiger partial charge in [-0.2, -0.15) is 0 Å². The lowest BCUT2D eigenvalue weighted by atomic mass is 9.78. The molecule has 5 heteroatoms. The van der Waals surface area contributed by atoms with Crippen LogP contribution in [0.1, 0.15) is 51.6 Å². The van der Waals surface area contributed by atoms with Crippen molar-refractivity contribution in [2.45, 2.75) is 52.5 Å². The molecule has 0 bridgehead atoms. The quantitative estimate of drug-likeness (QED) is 0.625. The molecular formula is C16H28N4O. The first-order valence-electron chi connectivity index (χ1n) is 7.97. The Hall–Kier alpha value is -1.52. The minimum atomic E-state index is 0.444. The molecule has 0 aliphatic heterocycles. The topological polar surface area (TPSA) is 62.5 Å². The number of rotatable bonds is 6. The summed E-state index contributed by atoms with van der Waals surface area (Å²) in [6.45, 7) is 6.27. The van der Waals surface area contributed by atoms with Crippen LogP contribution in [-0.4, -0.2) is 24.7 Å². The average molecular weight is 292 g/mol. The number of hydrogen-bond acceptors (Lipinski definition) is 3. The Morgan fingerprint density at radius 2 is 2.14 bits per heavy atom. The summed E-state index contributed by atoms with van der Waals surface area (Å²) in [5.41, 5.74) is 1.33. The molecular weight excluding hydrogens is 264 g/mol. The van der Waals surface area contributed by atoms with Crippen LogP contribution >= 0.6 is 0 Å². The summed E-state index contributed by atoms with van der Waals surface area (Å²) in [6, 6.07) is 1.86. The van der Waals surface area contributed by atoms with Crippen molar-refractivity contribution in [3.63, 3.8) is 0 Å². The van der Waals surface area contributed by atoms with E-state index in [0.29, 0.717) is 12.0 Å². The molecule has 1 saturated carbocycles. The molecule has 1 fully saturated rings. The molecule has 118 valence electrons. The van der Waals surface area contributed by atoms with E-state index in [1.807, 2.05) is 13.1 Å². The fourth-order valence-corrected chi connectivity index (χ4v) is 3.44. The molecule has 0 spiro atoms. The van der Waals surface area contributed by atoms with Crippen LogP contribution in [0.15, 0.2) is 21.8 Å². The van der Waals surface area contributed by atoms with E-state index < -0.39 is 0 Å². The van der Waals surface area contributed by atoms with Gasteiger partial charge in [-0.05, 0) is 30.6 Å². The van der Waals surface area contributed by atoms with Gasteiger partial charge in [-0.25, -0.2) is 0 Å². The van der Waals surface area contributed by atoms with E-state index in [1.165, 1.54) is 32.1 Å². The minimum absolute atomic E-state index is 0.444. The second kappa shape index (κ2) is 7.48. The van der Waals surface area contributed by atoms with Gasteiger partial charge in [-0.3, -0.25) is 4.99 Å². The number of hydrogen-bond donors (Lipinski definition) is 2. The summed E-state index contributed by atoms with van der Waals surface area (Å²) in [5, 5.41) is 10.7. The first-order valence-corrected chi connectivity index (χ1v) is 7.97. The van der Waals surface area contributed by atoms with Crippen LogP contribution in [0, 0.1) is 11.3 Å². The van der Waals surface area contributed by atoms with Crippen LogP contribution in [0.3, 0.4) is 0 Å². The lowest BCUT2D eigenvalue weighted by Gasteiger charge is -2.31. The maximum atomic E-state index is 4.83. The predicted molar refractivity (Wildman–Crippen MR) is 85.1 cm³/mol. The highest BCUT2D eigenvalue weighted by Crippen LogP contribution is 2.42. The van der Waals surface area contributed by atoms with Crippen molar-refractivity contribution < 1.29 is 4.52 Å². The Kier molecular flexibility index (Phi) is 5.65. The fraction of sp³-hybridized carbons (Fsp3) is 0.750. The summed E-state index contributed by atoms with van der Waals surface area (Å²) < 4.78 is 4.83. The van der Waals surface area contributed by atoms with Crippen LogP contribution in [0.4, 0.5) is 0 Å². The normalized spacial score (nSPS) is 18.2. The standard InChI is InChI=1S/C16H28N4O/c1-13(2)10-16(7-4-5-8-16)12-19-15(17-3)18-11-14-6-9-21-20-14/h6,9,13H,4-5,7-8,10-12H2,1-3H3,(H2,17,18,19). The highest BCUT2D eigenvalue weighted by Gasteiger charge is 2.34. The lowest BCUT2D eigenvalue weighted by molar-refractivity contribution is 0.234. The molecule has 1 aliphatic carbocycles. The summed E-state index contributed by atoms with van der Waals surface area (Å²) in [7, 11) is 1.81. The second-order valence-electron chi connectivity index (χ2n) is 6.58. The molecule has 21 heavy (non-hydrogen) atoms. The summed E-state index contributed by atoms with van der Waals surface area (Å²) in [4.78, 5) is 4.29. The average Bonchev–Trinajstić information content (AvgIpc) is 3.10. The van der Waals surface area contributed by atoms with Gasteiger partial charge in [-0.1, -0.05) is 31.8 Å². The number of aliphatic imine (C=N–C) groups is 1. The molecule has 2 N–H and O–H groups in total. The summed E-state index contributed by atoms with van der Waals surface area (Å²) in [5.74, 6) is 1.59. The van der Waals surface area contributed by atoms with Gasteiger partial charge >= 0.3 is 0 Å². The first kappa shape index (κ1) is 15.9. The smallest absolute Gasteiger partial charge is 0.191 e. The third kappa shape index (κ3) is 4.76. The van der Waals surface area contributed by atoms with Crippen LogP contribution in [0.25, 0.3) is 0 Å². The van der Waals surface area contributed by atoms with Crippen molar-refractivity contribution in [1.29, 1.82) is 0 Å². The van der Waals surface area contributed by atoms with Gasteiger partial charge in [0.15, 0.2) is 5.96 Å². The SMILES string of the molecule is CN=C(NCc1ccon1)NCC1(CC(C)C)CCCC1. The van der Waals surface area contributed by atoms with Gasteiger partial charge in [0.05, 0.1) is 6.54 Å². The Morgan fingerprint density at radius 1 is 1.38 bits per heavy atom. The molecule has 1 aromatic rings. The highest BCUT2D eigenvalue weighted by atomic mass is 16.5. The third-order valence-corrected chi connectivity index (χ3v) is 4.29. The van der Waals surface area contributed by atoms with E-state index in [2.05, 4.69) is 34.6 Å². The molecule has 5 nitrogen and oxygen atoms in total. The Morgan fingerprint density at radius 3 is 2.71 bits per heavy atom. The van der Waals surface area contributed by atoms with E-state index in [4.69, 9.17) is 4.52 Å². The maximum absolute atomic E-state index is 4.83. The maximum Gasteiger partial charge on any atom is 0.191 e. The van der Waals surface area contributed by atoms with Crippen molar-refractivity contribution in [2.24, 2.45) is 16.3 Å². The Bertz CT molecular complexity index is 433. The van der Waals surface area contributed by atoms with Crippen molar-refractivity contribution >= 4 is 5.96 Å². The molecule has 1 aliphatic rings. The Labute approximate surface area is 127 Å². The highest BCUT2D eigenvalue weighted by molar-refractivity contribution is 5.79. The van der Waals surface area contributed by atoms with Gasteiger partial charge in [0.25, 0.3) is 0 Å². The van der Waals surface area contributed by atoms with E-state index in [-0.39, 0.29) is 0 Å². The first-order chi connectivity index (χ1) is 10.1. The Balaban J connectivity index is 1.83. The number of nitrogens with one attached hydrogen (secondary N) is 2. The number of aromatic nitrogens is 1. The monoisotopic (exact) mass is 292 g/mol. The van der Waals surface area contributed by atoms with Gasteiger partial charge in [0.2, 0.25) is 0 Å². The van der Waals surface area contributed by atoms with Gasteiger partial charge in [0.1, 0.15) is 12.0 Å². The number of nitrogens with zero attached hydrogens (tertiary/aromatic N) is 2. The van der Waals surface area contributed by atoms with Gasteiger partial charge < -0.3 is 15.2 Å². The summed E-state index contributed by atoms with van der Waals surface area (Å²) >= 11 is 0. The zero-order valence-electron chi connectivity index (χ0n) is 13.5. The second-order valence-corrected chi connectivity index (χ2v) is 6.58. The molecule has 0 unspecified atom stereocenters. The van der Waals surface area contributed by atoms with Crippen molar-refractivity contribution in [2.75, 3.05) is 13.6 Å². The third-order valence-electron chi connectivity index (χ3n) is 4.29. The van der Waals surface area contributed by atoms with Crippen molar-refractivity contribution in [3.05, 3.63) is 18.0 Å². The fourth-order valence-electron chi connectivity index (χ4n) is 3.44.